The number of anilines is 1. The molecule has 0 saturated carbocycles. The number of thiophene rings is 1. The highest BCUT2D eigenvalue weighted by atomic mass is 32.2. The Bertz CT molecular complexity index is 1510. The molecule has 0 spiro atoms. The molecule has 4 rings (SSSR count). The van der Waals surface area contributed by atoms with Crippen LogP contribution in [0.25, 0.3) is 10.2 Å². The van der Waals surface area contributed by atoms with Gasteiger partial charge in [0.2, 0.25) is 5.91 Å². The van der Waals surface area contributed by atoms with Crippen molar-refractivity contribution < 1.29 is 31.9 Å². The van der Waals surface area contributed by atoms with E-state index in [2.05, 4.69) is 10.3 Å². The molecule has 0 unspecified atom stereocenters. The van der Waals surface area contributed by atoms with Crippen LogP contribution in [0.4, 0.5) is 18.9 Å². The molecule has 13 heteroatoms. The summed E-state index contributed by atoms with van der Waals surface area (Å²) < 4.78 is 50.7. The molecule has 3 aromatic heterocycles. The highest BCUT2D eigenvalue weighted by Gasteiger charge is 2.30. The largest absolute Gasteiger partial charge is 0.467 e. The number of nitrogens with one attached hydrogen (secondary N) is 1. The van der Waals surface area contributed by atoms with E-state index in [9.17, 15) is 27.6 Å². The van der Waals surface area contributed by atoms with Crippen LogP contribution in [-0.4, -0.2) is 33.8 Å². The molecule has 3 heterocycles. The third-order valence-corrected chi connectivity index (χ3v) is 7.32. The number of carbonyl (C=O) groups excluding carboxylic acids is 2. The Balaban J connectivity index is 1.64. The molecule has 37 heavy (non-hydrogen) atoms. The molecule has 1 amide bonds. The maximum absolute atomic E-state index is 13.5. The summed E-state index contributed by atoms with van der Waals surface area (Å²) in [6.45, 7) is 3.51. The Hall–Kier alpha value is -3.58. The van der Waals surface area contributed by atoms with Crippen molar-refractivity contribution in [2.45, 2.75) is 31.7 Å². The molecule has 1 N–H and O–H groups in total. The molecular weight excluding hydrogens is 531 g/mol. The van der Waals surface area contributed by atoms with Gasteiger partial charge >= 0.3 is 12.1 Å². The molecule has 0 saturated heterocycles. The molecular formula is C24H20F3N3O5S2. The predicted molar refractivity (Wildman–Crippen MR) is 133 cm³/mol. The van der Waals surface area contributed by atoms with Crippen molar-refractivity contribution in [2.24, 2.45) is 0 Å². The van der Waals surface area contributed by atoms with Gasteiger partial charge in [-0.3, -0.25) is 14.2 Å². The minimum atomic E-state index is -4.54. The van der Waals surface area contributed by atoms with Crippen LogP contribution < -0.4 is 10.9 Å². The fourth-order valence-corrected chi connectivity index (χ4v) is 5.41. The van der Waals surface area contributed by atoms with Gasteiger partial charge in [-0.15, -0.1) is 11.3 Å². The summed E-state index contributed by atoms with van der Waals surface area (Å²) in [6, 6.07) is 7.63. The van der Waals surface area contributed by atoms with Crippen LogP contribution in [0.15, 0.2) is 57.0 Å². The molecule has 0 aliphatic carbocycles. The normalized spacial score (nSPS) is 11.6. The number of ether oxygens (including phenoxy) is 1. The number of aromatic nitrogens is 2. The van der Waals surface area contributed by atoms with E-state index in [0.717, 1.165) is 35.2 Å². The number of furan rings is 1. The number of amides is 1. The van der Waals surface area contributed by atoms with Crippen molar-refractivity contribution in [3.05, 3.63) is 74.8 Å². The minimum Gasteiger partial charge on any atom is -0.467 e. The first-order valence-corrected chi connectivity index (χ1v) is 12.7. The molecule has 0 bridgehead atoms. The smallest absolute Gasteiger partial charge is 0.416 e. The zero-order chi connectivity index (χ0) is 26.7. The third kappa shape index (κ3) is 5.88. The van der Waals surface area contributed by atoms with E-state index in [1.54, 1.807) is 26.0 Å². The number of aryl methyl sites for hydroxylation is 1. The number of thioether (sulfide) groups is 1. The number of nitrogens with zero attached hydrogens (tertiary/aromatic N) is 2. The molecule has 0 aliphatic heterocycles. The second-order valence-corrected chi connectivity index (χ2v) is 9.68. The molecule has 0 radical (unpaired) electrons. The van der Waals surface area contributed by atoms with E-state index in [0.29, 0.717) is 16.2 Å². The Kier molecular flexibility index (Phi) is 7.73. The van der Waals surface area contributed by atoms with Gasteiger partial charge in [0.25, 0.3) is 5.56 Å². The summed E-state index contributed by atoms with van der Waals surface area (Å²) >= 11 is 1.95. The lowest BCUT2D eigenvalue weighted by molar-refractivity contribution is -0.137. The molecule has 0 aliphatic rings. The summed E-state index contributed by atoms with van der Waals surface area (Å²) in [6.07, 6.45) is -3.09. The maximum atomic E-state index is 13.5. The van der Waals surface area contributed by atoms with E-state index in [1.807, 2.05) is 0 Å². The lowest BCUT2D eigenvalue weighted by atomic mass is 10.2. The van der Waals surface area contributed by atoms with Gasteiger partial charge in [0.1, 0.15) is 15.5 Å². The fraction of sp³-hybridized carbons (Fsp3) is 0.250. The van der Waals surface area contributed by atoms with Crippen molar-refractivity contribution in [3.8, 4) is 0 Å². The summed E-state index contributed by atoms with van der Waals surface area (Å²) in [5.41, 5.74) is -0.873. The molecule has 4 aromatic rings. The lowest BCUT2D eigenvalue weighted by Crippen LogP contribution is -2.24. The number of carbonyl (C=O) groups is 2. The van der Waals surface area contributed by atoms with Crippen molar-refractivity contribution in [1.29, 1.82) is 0 Å². The van der Waals surface area contributed by atoms with Crippen LogP contribution in [-0.2, 0) is 22.3 Å². The average molecular weight is 552 g/mol. The minimum absolute atomic E-state index is 0.00947. The number of hydrogen-bond donors (Lipinski definition) is 1. The van der Waals surface area contributed by atoms with E-state index in [-0.39, 0.29) is 40.0 Å². The first-order chi connectivity index (χ1) is 17.6. The van der Waals surface area contributed by atoms with Crippen molar-refractivity contribution in [2.75, 3.05) is 17.7 Å². The number of hydrogen-bond acceptors (Lipinski definition) is 8. The van der Waals surface area contributed by atoms with E-state index in [1.165, 1.54) is 23.0 Å². The van der Waals surface area contributed by atoms with Gasteiger partial charge in [-0.05, 0) is 49.7 Å². The van der Waals surface area contributed by atoms with Gasteiger partial charge in [-0.2, -0.15) is 13.2 Å². The second-order valence-electron chi connectivity index (χ2n) is 7.74. The summed E-state index contributed by atoms with van der Waals surface area (Å²) in [4.78, 5) is 43.5. The van der Waals surface area contributed by atoms with Gasteiger partial charge in [-0.25, -0.2) is 9.78 Å². The number of rotatable bonds is 8. The number of alkyl halides is 3. The fourth-order valence-electron chi connectivity index (χ4n) is 3.50. The van der Waals surface area contributed by atoms with Crippen molar-refractivity contribution in [3.63, 3.8) is 0 Å². The molecule has 0 fully saturated rings. The topological polar surface area (TPSA) is 103 Å². The van der Waals surface area contributed by atoms with Gasteiger partial charge in [-0.1, -0.05) is 17.8 Å². The van der Waals surface area contributed by atoms with Gasteiger partial charge < -0.3 is 14.5 Å². The standard InChI is InChI=1S/C24H20F3N3O5S2/c1-3-34-22(33)19-13(2)18-20(37-19)29-23(30(21(18)32)11-16-8-5-9-35-16)36-12-17(31)28-15-7-4-6-14(10-15)24(25,26)27/h4-10H,3,11-12H2,1-2H3,(H,28,31). The Labute approximate surface area is 216 Å². The molecule has 0 atom stereocenters. The van der Waals surface area contributed by atoms with Gasteiger partial charge in [0, 0.05) is 5.69 Å². The SMILES string of the molecule is CCOC(=O)c1sc2nc(SCC(=O)Nc3cccc(C(F)(F)F)c3)n(Cc3ccco3)c(=O)c2c1C. The molecule has 8 nitrogen and oxygen atoms in total. The van der Waals surface area contributed by atoms with Crippen molar-refractivity contribution in [1.82, 2.24) is 9.55 Å². The third-order valence-electron chi connectivity index (χ3n) is 5.18. The number of esters is 1. The summed E-state index contributed by atoms with van der Waals surface area (Å²) in [5, 5.41) is 2.88. The second kappa shape index (κ2) is 10.8. The van der Waals surface area contributed by atoms with Crippen molar-refractivity contribution >= 4 is 50.9 Å². The summed E-state index contributed by atoms with van der Waals surface area (Å²) in [5.74, 6) is -0.911. The zero-order valence-corrected chi connectivity index (χ0v) is 21.2. The maximum Gasteiger partial charge on any atom is 0.416 e. The van der Waals surface area contributed by atoms with Crippen LogP contribution in [0.5, 0.6) is 0 Å². The Morgan fingerprint density at radius 3 is 2.70 bits per heavy atom. The molecule has 194 valence electrons. The Morgan fingerprint density at radius 1 is 1.24 bits per heavy atom. The highest BCUT2D eigenvalue weighted by molar-refractivity contribution is 7.99. The summed E-state index contributed by atoms with van der Waals surface area (Å²) in [7, 11) is 0. The van der Waals surface area contributed by atoms with Crippen LogP contribution in [0, 0.1) is 6.92 Å². The molecule has 1 aromatic carbocycles. The number of fused-ring (bicyclic) bond motifs is 1. The first kappa shape index (κ1) is 26.5. The van der Waals surface area contributed by atoms with Crippen LogP contribution in [0.3, 0.4) is 0 Å². The first-order valence-electron chi connectivity index (χ1n) is 10.9. The highest BCUT2D eigenvalue weighted by Crippen LogP contribution is 2.32. The average Bonchev–Trinajstić information content (AvgIpc) is 3.47. The van der Waals surface area contributed by atoms with E-state index >= 15 is 0 Å². The zero-order valence-electron chi connectivity index (χ0n) is 19.5. The predicted octanol–water partition coefficient (Wildman–Crippen LogP) is 5.33. The quantitative estimate of drug-likeness (QED) is 0.179. The number of benzene rings is 1. The van der Waals surface area contributed by atoms with Crippen LogP contribution >= 0.6 is 23.1 Å². The van der Waals surface area contributed by atoms with E-state index < -0.39 is 29.2 Å². The number of halogens is 3. The van der Waals surface area contributed by atoms with Crippen LogP contribution in [0.2, 0.25) is 0 Å². The van der Waals surface area contributed by atoms with Gasteiger partial charge in [0.15, 0.2) is 5.16 Å². The lowest BCUT2D eigenvalue weighted by Gasteiger charge is -2.12. The van der Waals surface area contributed by atoms with Crippen LogP contribution in [0.1, 0.15) is 33.5 Å². The van der Waals surface area contributed by atoms with Gasteiger partial charge in [0.05, 0.1) is 36.1 Å². The van der Waals surface area contributed by atoms with E-state index in [4.69, 9.17) is 9.15 Å². The monoisotopic (exact) mass is 551 g/mol. The Morgan fingerprint density at radius 2 is 2.03 bits per heavy atom.